The Morgan fingerprint density at radius 3 is 3.07 bits per heavy atom. The first-order chi connectivity index (χ1) is 7.24. The fraction of sp³-hybridized carbons (Fsp3) is 0.200. The zero-order valence-electron chi connectivity index (χ0n) is 8.25. The van der Waals surface area contributed by atoms with Gasteiger partial charge in [-0.05, 0) is 28.7 Å². The first-order valence-corrected chi connectivity index (χ1v) is 5.18. The molecule has 15 heavy (non-hydrogen) atoms. The van der Waals surface area contributed by atoms with E-state index in [1.54, 1.807) is 7.11 Å². The molecule has 0 fully saturated rings. The van der Waals surface area contributed by atoms with E-state index in [0.717, 1.165) is 27.1 Å². The molecule has 2 rings (SSSR count). The van der Waals surface area contributed by atoms with Gasteiger partial charge in [0.25, 0.3) is 0 Å². The molecule has 0 aliphatic rings. The lowest BCUT2D eigenvalue weighted by Crippen LogP contribution is -1.83. The Hall–Kier alpha value is -1.36. The van der Waals surface area contributed by atoms with Gasteiger partial charge in [0, 0.05) is 6.07 Å². The highest BCUT2D eigenvalue weighted by molar-refractivity contribution is 9.10. The van der Waals surface area contributed by atoms with Gasteiger partial charge >= 0.3 is 0 Å². The third-order valence-corrected chi connectivity index (χ3v) is 2.69. The molecule has 0 spiro atoms. The van der Waals surface area contributed by atoms with E-state index in [-0.39, 0.29) is 0 Å². The maximum Gasteiger partial charge on any atom is 0.135 e. The largest absolute Gasteiger partial charge is 0.495 e. The number of aromatic nitrogens is 2. The van der Waals surface area contributed by atoms with Crippen molar-refractivity contribution in [3.8, 4) is 5.75 Å². The highest BCUT2D eigenvalue weighted by Gasteiger charge is 2.06. The van der Waals surface area contributed by atoms with Crippen LogP contribution in [0.15, 0.2) is 21.6 Å². The van der Waals surface area contributed by atoms with E-state index in [9.17, 15) is 0 Å². The number of ether oxygens (including phenoxy) is 1. The molecule has 1 heterocycles. The van der Waals surface area contributed by atoms with Gasteiger partial charge < -0.3 is 9.72 Å². The molecular weight excluding hydrogens is 258 g/mol. The molecule has 2 aromatic rings. The van der Waals surface area contributed by atoms with E-state index in [1.807, 2.05) is 12.1 Å². The summed E-state index contributed by atoms with van der Waals surface area (Å²) in [5, 5.41) is 0. The number of halogens is 1. The maximum atomic E-state index is 5.19. The number of benzene rings is 1. The zero-order valence-corrected chi connectivity index (χ0v) is 9.84. The first kappa shape index (κ1) is 10.2. The van der Waals surface area contributed by atoms with Gasteiger partial charge in [0.05, 0.1) is 29.2 Å². The second-order valence-electron chi connectivity index (χ2n) is 3.07. The van der Waals surface area contributed by atoms with Crippen LogP contribution < -0.4 is 4.74 Å². The second-order valence-corrected chi connectivity index (χ2v) is 3.92. The number of nitrogens with zero attached hydrogens (tertiary/aromatic N) is 2. The van der Waals surface area contributed by atoms with Crippen LogP contribution in [-0.4, -0.2) is 23.8 Å². The number of nitrogens with one attached hydrogen (secondary N) is 1. The Morgan fingerprint density at radius 1 is 1.60 bits per heavy atom. The summed E-state index contributed by atoms with van der Waals surface area (Å²) >= 11 is 3.41. The Labute approximate surface area is 95.5 Å². The summed E-state index contributed by atoms with van der Waals surface area (Å²) in [5.74, 6) is 1.59. The summed E-state index contributed by atoms with van der Waals surface area (Å²) in [6.45, 7) is 3.93. The topological polar surface area (TPSA) is 50.3 Å². The number of aliphatic imine (C=N–C) groups is 1. The number of rotatable bonds is 3. The molecule has 0 atom stereocenters. The fourth-order valence-corrected chi connectivity index (χ4v) is 1.89. The molecule has 0 saturated carbocycles. The number of hydrogen-bond donors (Lipinski definition) is 1. The standard InChI is InChI=1S/C10H10BrN3O/c1-12-5-10-13-7-3-6(11)9(15-2)4-8(7)14-10/h3-4H,1,5H2,2H3,(H,13,14). The highest BCUT2D eigenvalue weighted by atomic mass is 79.9. The minimum absolute atomic E-state index is 0.495. The van der Waals surface area contributed by atoms with Crippen molar-refractivity contribution >= 4 is 33.7 Å². The number of aromatic amines is 1. The molecule has 0 aliphatic heterocycles. The summed E-state index contributed by atoms with van der Waals surface area (Å²) in [6.07, 6.45) is 0. The molecule has 0 aliphatic carbocycles. The van der Waals surface area contributed by atoms with E-state index >= 15 is 0 Å². The molecule has 0 bridgehead atoms. The monoisotopic (exact) mass is 267 g/mol. The number of hydrogen-bond acceptors (Lipinski definition) is 3. The second kappa shape index (κ2) is 4.02. The average molecular weight is 268 g/mol. The summed E-state index contributed by atoms with van der Waals surface area (Å²) < 4.78 is 6.08. The number of fused-ring (bicyclic) bond motifs is 1. The van der Waals surface area contributed by atoms with Crippen molar-refractivity contribution in [2.24, 2.45) is 4.99 Å². The van der Waals surface area contributed by atoms with Crippen LogP contribution in [0.3, 0.4) is 0 Å². The molecule has 4 nitrogen and oxygen atoms in total. The predicted molar refractivity (Wildman–Crippen MR) is 63.6 cm³/mol. The van der Waals surface area contributed by atoms with Crippen molar-refractivity contribution < 1.29 is 4.74 Å². The van der Waals surface area contributed by atoms with Crippen molar-refractivity contribution in [3.05, 3.63) is 22.4 Å². The van der Waals surface area contributed by atoms with Crippen LogP contribution in [0, 0.1) is 0 Å². The summed E-state index contributed by atoms with van der Waals surface area (Å²) in [4.78, 5) is 11.3. The fourth-order valence-electron chi connectivity index (χ4n) is 1.40. The van der Waals surface area contributed by atoms with Gasteiger partial charge in [-0.15, -0.1) is 0 Å². The Kier molecular flexibility index (Phi) is 2.73. The van der Waals surface area contributed by atoms with Crippen molar-refractivity contribution in [2.75, 3.05) is 7.11 Å². The molecule has 78 valence electrons. The minimum atomic E-state index is 0.495. The summed E-state index contributed by atoms with van der Waals surface area (Å²) in [6, 6.07) is 3.82. The smallest absolute Gasteiger partial charge is 0.135 e. The number of H-pyrrole nitrogens is 1. The molecule has 0 unspecified atom stereocenters. The van der Waals surface area contributed by atoms with Crippen LogP contribution in [-0.2, 0) is 6.54 Å². The van der Waals surface area contributed by atoms with Crippen LogP contribution in [0.1, 0.15) is 5.82 Å². The Morgan fingerprint density at radius 2 is 2.40 bits per heavy atom. The van der Waals surface area contributed by atoms with E-state index in [0.29, 0.717) is 6.54 Å². The highest BCUT2D eigenvalue weighted by Crippen LogP contribution is 2.29. The van der Waals surface area contributed by atoms with Crippen LogP contribution >= 0.6 is 15.9 Å². The molecule has 0 radical (unpaired) electrons. The van der Waals surface area contributed by atoms with E-state index in [1.165, 1.54) is 0 Å². The quantitative estimate of drug-likeness (QED) is 0.869. The van der Waals surface area contributed by atoms with Gasteiger partial charge in [-0.3, -0.25) is 4.99 Å². The molecule has 0 amide bonds. The number of methoxy groups -OCH3 is 1. The van der Waals surface area contributed by atoms with Gasteiger partial charge in [-0.1, -0.05) is 0 Å². The van der Waals surface area contributed by atoms with Crippen molar-refractivity contribution in [3.63, 3.8) is 0 Å². The third kappa shape index (κ3) is 1.87. The van der Waals surface area contributed by atoms with Crippen LogP contribution in [0.2, 0.25) is 0 Å². The zero-order chi connectivity index (χ0) is 10.8. The summed E-state index contributed by atoms with van der Waals surface area (Å²) in [5.41, 5.74) is 1.83. The van der Waals surface area contributed by atoms with Crippen molar-refractivity contribution in [2.45, 2.75) is 6.54 Å². The summed E-state index contributed by atoms with van der Waals surface area (Å²) in [7, 11) is 1.63. The van der Waals surface area contributed by atoms with Gasteiger partial charge in [-0.2, -0.15) is 0 Å². The van der Waals surface area contributed by atoms with Crippen LogP contribution in [0.4, 0.5) is 0 Å². The molecular formula is C10H10BrN3O. The predicted octanol–water partition coefficient (Wildman–Crippen LogP) is 2.53. The number of imidazole rings is 1. The maximum absolute atomic E-state index is 5.19. The minimum Gasteiger partial charge on any atom is -0.495 e. The van der Waals surface area contributed by atoms with E-state index in [2.05, 4.69) is 37.6 Å². The molecule has 0 saturated heterocycles. The average Bonchev–Trinajstić information content (AvgIpc) is 2.58. The first-order valence-electron chi connectivity index (χ1n) is 4.39. The lowest BCUT2D eigenvalue weighted by atomic mass is 10.3. The van der Waals surface area contributed by atoms with Gasteiger partial charge in [-0.25, -0.2) is 4.98 Å². The SMILES string of the molecule is C=NCc1nc2cc(Br)c(OC)cc2[nH]1. The van der Waals surface area contributed by atoms with Gasteiger partial charge in [0.2, 0.25) is 0 Å². The lowest BCUT2D eigenvalue weighted by Gasteiger charge is -2.01. The lowest BCUT2D eigenvalue weighted by molar-refractivity contribution is 0.412. The normalized spacial score (nSPS) is 10.5. The molecule has 1 aromatic carbocycles. The van der Waals surface area contributed by atoms with E-state index in [4.69, 9.17) is 4.74 Å². The van der Waals surface area contributed by atoms with Crippen LogP contribution in [0.5, 0.6) is 5.75 Å². The van der Waals surface area contributed by atoms with E-state index < -0.39 is 0 Å². The van der Waals surface area contributed by atoms with Gasteiger partial charge in [0.1, 0.15) is 11.6 Å². The van der Waals surface area contributed by atoms with Crippen LogP contribution in [0.25, 0.3) is 11.0 Å². The third-order valence-electron chi connectivity index (χ3n) is 2.07. The Balaban J connectivity index is 2.55. The molecule has 1 aromatic heterocycles. The van der Waals surface area contributed by atoms with Gasteiger partial charge in [0.15, 0.2) is 0 Å². The Bertz CT molecular complexity index is 507. The van der Waals surface area contributed by atoms with Crippen molar-refractivity contribution in [1.29, 1.82) is 0 Å². The molecule has 1 N–H and O–H groups in total. The molecule has 5 heteroatoms. The van der Waals surface area contributed by atoms with Crippen molar-refractivity contribution in [1.82, 2.24) is 9.97 Å².